The number of ether oxygens (including phenoxy) is 2. The molecule has 0 bridgehead atoms. The second kappa shape index (κ2) is 8.03. The summed E-state index contributed by atoms with van der Waals surface area (Å²) in [4.78, 5) is 27.9. The number of nitrogens with zero attached hydrogens (tertiary/aromatic N) is 2. The minimum absolute atomic E-state index is 0.257. The lowest BCUT2D eigenvalue weighted by molar-refractivity contribution is -0.116. The molecule has 2 aromatic rings. The van der Waals surface area contributed by atoms with Gasteiger partial charge in [-0.15, -0.1) is 0 Å². The monoisotopic (exact) mass is 336 g/mol. The van der Waals surface area contributed by atoms with E-state index in [9.17, 15) is 9.59 Å². The molecule has 0 aliphatic rings. The zero-order valence-corrected chi connectivity index (χ0v) is 14.3. The summed E-state index contributed by atoms with van der Waals surface area (Å²) in [5, 5.41) is 0. The Hall–Kier alpha value is -1.99. The second-order valence-electron chi connectivity index (χ2n) is 4.77. The van der Waals surface area contributed by atoms with Gasteiger partial charge in [0, 0.05) is 20.1 Å². The molecule has 23 heavy (non-hydrogen) atoms. The van der Waals surface area contributed by atoms with Crippen molar-refractivity contribution in [3.63, 3.8) is 0 Å². The molecule has 1 aromatic heterocycles. The van der Waals surface area contributed by atoms with Gasteiger partial charge in [0.05, 0.1) is 29.0 Å². The van der Waals surface area contributed by atoms with Gasteiger partial charge in [-0.3, -0.25) is 4.79 Å². The van der Waals surface area contributed by atoms with E-state index >= 15 is 0 Å². The van der Waals surface area contributed by atoms with Crippen molar-refractivity contribution in [1.82, 2.24) is 4.57 Å². The van der Waals surface area contributed by atoms with E-state index in [1.54, 1.807) is 19.1 Å². The molecule has 6 nitrogen and oxygen atoms in total. The summed E-state index contributed by atoms with van der Waals surface area (Å²) in [5.41, 5.74) is 1.41. The fourth-order valence-corrected chi connectivity index (χ4v) is 3.29. The minimum Gasteiger partial charge on any atom is -0.462 e. The fourth-order valence-electron chi connectivity index (χ4n) is 2.15. The summed E-state index contributed by atoms with van der Waals surface area (Å²) < 4.78 is 13.2. The number of carbonyl (C=O) groups is 2. The van der Waals surface area contributed by atoms with Crippen LogP contribution in [0.1, 0.15) is 31.1 Å². The third-order valence-corrected chi connectivity index (χ3v) is 4.15. The molecule has 0 aliphatic heterocycles. The van der Waals surface area contributed by atoms with E-state index in [4.69, 9.17) is 9.47 Å². The Kier molecular flexibility index (Phi) is 6.06. The molecule has 0 N–H and O–H groups in total. The Morgan fingerprint density at radius 1 is 1.26 bits per heavy atom. The number of thiazole rings is 1. The summed E-state index contributed by atoms with van der Waals surface area (Å²) in [6, 6.07) is 5.35. The molecule has 0 saturated heterocycles. The maximum atomic E-state index is 11.8. The standard InChI is InChI=1S/C16H20N2O4S/c1-4-21-9-8-18-13-7-6-12(15(20)22-5-2)10-14(13)23-16(18)17-11(3)19/h6-7,10H,4-5,8-9H2,1-3H3. The first-order valence-corrected chi connectivity index (χ1v) is 8.32. The Bertz CT molecular complexity index is 776. The lowest BCUT2D eigenvalue weighted by atomic mass is 10.2. The van der Waals surface area contributed by atoms with E-state index in [1.807, 2.05) is 17.6 Å². The molecule has 0 saturated carbocycles. The Morgan fingerprint density at radius 2 is 2.04 bits per heavy atom. The summed E-state index contributed by atoms with van der Waals surface area (Å²) in [6.07, 6.45) is 0. The Morgan fingerprint density at radius 3 is 2.70 bits per heavy atom. The lowest BCUT2D eigenvalue weighted by Crippen LogP contribution is -2.19. The fraction of sp³-hybridized carbons (Fsp3) is 0.438. The molecule has 2 rings (SSSR count). The van der Waals surface area contributed by atoms with Crippen molar-refractivity contribution < 1.29 is 19.1 Å². The van der Waals surface area contributed by atoms with Gasteiger partial charge >= 0.3 is 5.97 Å². The van der Waals surface area contributed by atoms with Crippen LogP contribution in [0, 0.1) is 0 Å². The Balaban J connectivity index is 2.48. The van der Waals surface area contributed by atoms with Crippen LogP contribution in [0.15, 0.2) is 23.2 Å². The number of rotatable bonds is 6. The predicted molar refractivity (Wildman–Crippen MR) is 88.5 cm³/mol. The quantitative estimate of drug-likeness (QED) is 0.600. The van der Waals surface area contributed by atoms with Crippen LogP contribution in [-0.2, 0) is 20.8 Å². The van der Waals surface area contributed by atoms with Crippen LogP contribution in [0.3, 0.4) is 0 Å². The van der Waals surface area contributed by atoms with E-state index in [2.05, 4.69) is 4.99 Å². The molecule has 0 spiro atoms. The van der Waals surface area contributed by atoms with Crippen molar-refractivity contribution in [3.8, 4) is 0 Å². The largest absolute Gasteiger partial charge is 0.462 e. The first kappa shape index (κ1) is 17.4. The van der Waals surface area contributed by atoms with E-state index in [1.165, 1.54) is 18.3 Å². The van der Waals surface area contributed by atoms with Crippen molar-refractivity contribution in [3.05, 3.63) is 28.6 Å². The molecular weight excluding hydrogens is 316 g/mol. The van der Waals surface area contributed by atoms with Crippen molar-refractivity contribution >= 4 is 33.4 Å². The normalized spacial score (nSPS) is 11.9. The average molecular weight is 336 g/mol. The van der Waals surface area contributed by atoms with Crippen molar-refractivity contribution in [2.75, 3.05) is 19.8 Å². The van der Waals surface area contributed by atoms with Crippen LogP contribution < -0.4 is 4.80 Å². The molecule has 1 aromatic carbocycles. The van der Waals surface area contributed by atoms with Crippen molar-refractivity contribution in [2.24, 2.45) is 4.99 Å². The minimum atomic E-state index is -0.353. The molecule has 1 amide bonds. The number of benzene rings is 1. The first-order valence-electron chi connectivity index (χ1n) is 7.50. The van der Waals surface area contributed by atoms with Crippen LogP contribution in [0.25, 0.3) is 10.2 Å². The first-order chi connectivity index (χ1) is 11.1. The van der Waals surface area contributed by atoms with E-state index < -0.39 is 0 Å². The number of hydrogen-bond donors (Lipinski definition) is 0. The predicted octanol–water partition coefficient (Wildman–Crippen LogP) is 2.36. The molecule has 0 fully saturated rings. The SMILES string of the molecule is CCOCCn1c(=NC(C)=O)sc2cc(C(=O)OCC)ccc21. The summed E-state index contributed by atoms with van der Waals surface area (Å²) >= 11 is 1.37. The van der Waals surface area contributed by atoms with Gasteiger partial charge in [-0.05, 0) is 32.0 Å². The molecule has 124 valence electrons. The van der Waals surface area contributed by atoms with Gasteiger partial charge in [-0.2, -0.15) is 4.99 Å². The van der Waals surface area contributed by atoms with Crippen molar-refractivity contribution in [2.45, 2.75) is 27.3 Å². The highest BCUT2D eigenvalue weighted by Gasteiger charge is 2.12. The van der Waals surface area contributed by atoms with Gasteiger partial charge in [0.1, 0.15) is 0 Å². The average Bonchev–Trinajstić information content (AvgIpc) is 2.84. The number of hydrogen-bond acceptors (Lipinski definition) is 5. The topological polar surface area (TPSA) is 69.9 Å². The highest BCUT2D eigenvalue weighted by atomic mass is 32.1. The number of amides is 1. The highest BCUT2D eigenvalue weighted by Crippen LogP contribution is 2.20. The summed E-state index contributed by atoms with van der Waals surface area (Å²) in [6.45, 7) is 7.22. The molecule has 1 heterocycles. The lowest BCUT2D eigenvalue weighted by Gasteiger charge is -2.06. The highest BCUT2D eigenvalue weighted by molar-refractivity contribution is 7.16. The molecule has 0 radical (unpaired) electrons. The van der Waals surface area contributed by atoms with Gasteiger partial charge in [-0.25, -0.2) is 4.79 Å². The maximum absolute atomic E-state index is 11.8. The van der Waals surface area contributed by atoms with Crippen LogP contribution in [0.4, 0.5) is 0 Å². The maximum Gasteiger partial charge on any atom is 0.338 e. The second-order valence-corrected chi connectivity index (χ2v) is 5.78. The zero-order chi connectivity index (χ0) is 16.8. The third-order valence-electron chi connectivity index (χ3n) is 3.11. The van der Waals surface area contributed by atoms with Gasteiger partial charge in [0.2, 0.25) is 5.91 Å². The molecule has 0 aliphatic carbocycles. The molecular formula is C16H20N2O4S. The van der Waals surface area contributed by atoms with Crippen molar-refractivity contribution in [1.29, 1.82) is 0 Å². The number of carbonyl (C=O) groups excluding carboxylic acids is 2. The van der Waals surface area contributed by atoms with Gasteiger partial charge in [0.15, 0.2) is 4.80 Å². The summed E-state index contributed by atoms with van der Waals surface area (Å²) in [5.74, 6) is -0.610. The molecule has 0 unspecified atom stereocenters. The smallest absolute Gasteiger partial charge is 0.338 e. The number of esters is 1. The van der Waals surface area contributed by atoms with E-state index in [0.717, 1.165) is 10.2 Å². The van der Waals surface area contributed by atoms with Crippen LogP contribution in [-0.4, -0.2) is 36.3 Å². The molecule has 0 atom stereocenters. The summed E-state index contributed by atoms with van der Waals surface area (Å²) in [7, 11) is 0. The van der Waals surface area contributed by atoms with Gasteiger partial charge in [0.25, 0.3) is 0 Å². The zero-order valence-electron chi connectivity index (χ0n) is 13.5. The van der Waals surface area contributed by atoms with Crippen LogP contribution >= 0.6 is 11.3 Å². The number of aromatic nitrogens is 1. The number of fused-ring (bicyclic) bond motifs is 1. The third kappa shape index (κ3) is 4.27. The van der Waals surface area contributed by atoms with Gasteiger partial charge in [-0.1, -0.05) is 11.3 Å². The van der Waals surface area contributed by atoms with E-state index in [-0.39, 0.29) is 11.9 Å². The Labute approximate surface area is 138 Å². The van der Waals surface area contributed by atoms with E-state index in [0.29, 0.717) is 36.7 Å². The van der Waals surface area contributed by atoms with Crippen LogP contribution in [0.5, 0.6) is 0 Å². The van der Waals surface area contributed by atoms with Gasteiger partial charge < -0.3 is 14.0 Å². The molecule has 7 heteroatoms. The van der Waals surface area contributed by atoms with Crippen LogP contribution in [0.2, 0.25) is 0 Å².